The minimum atomic E-state index is 0.381. The van der Waals surface area contributed by atoms with E-state index in [0.29, 0.717) is 11.3 Å². The van der Waals surface area contributed by atoms with E-state index in [-0.39, 0.29) is 0 Å². The largest absolute Gasteiger partial charge is 0.361 e. The van der Waals surface area contributed by atoms with Crippen LogP contribution in [-0.2, 0) is 6.42 Å². The molecule has 1 aromatic rings. The number of aromatic nitrogens is 1. The molecule has 1 heterocycles. The van der Waals surface area contributed by atoms with Crippen molar-refractivity contribution in [1.29, 1.82) is 0 Å². The topological polar surface area (TPSA) is 26.0 Å². The second kappa shape index (κ2) is 2.35. The van der Waals surface area contributed by atoms with E-state index in [2.05, 4.69) is 25.9 Å². The maximum Gasteiger partial charge on any atom is 0.140 e. The Morgan fingerprint density at radius 3 is 3.08 bits per heavy atom. The highest BCUT2D eigenvalue weighted by molar-refractivity contribution is 5.23. The summed E-state index contributed by atoms with van der Waals surface area (Å²) in [5.41, 5.74) is 1.70. The van der Waals surface area contributed by atoms with Crippen molar-refractivity contribution in [2.45, 2.75) is 39.5 Å². The van der Waals surface area contributed by atoms with Crippen LogP contribution in [0.15, 0.2) is 10.7 Å². The molecular formula is C10H15NO. The number of rotatable bonds is 0. The molecule has 2 rings (SSSR count). The van der Waals surface area contributed by atoms with Gasteiger partial charge in [0.15, 0.2) is 0 Å². The lowest BCUT2D eigenvalue weighted by Crippen LogP contribution is -2.23. The molecule has 1 aliphatic carbocycles. The van der Waals surface area contributed by atoms with Gasteiger partial charge in [0.05, 0.1) is 6.20 Å². The fourth-order valence-electron chi connectivity index (χ4n) is 2.25. The monoisotopic (exact) mass is 165 g/mol. The molecule has 66 valence electrons. The summed E-state index contributed by atoms with van der Waals surface area (Å²) in [6.45, 7) is 6.82. The minimum Gasteiger partial charge on any atom is -0.361 e. The third-order valence-electron chi connectivity index (χ3n) is 2.71. The third-order valence-corrected chi connectivity index (χ3v) is 2.71. The summed E-state index contributed by atoms with van der Waals surface area (Å²) in [6, 6.07) is 0. The Kier molecular flexibility index (Phi) is 1.53. The highest BCUT2D eigenvalue weighted by Gasteiger charge is 2.32. The quantitative estimate of drug-likeness (QED) is 0.590. The van der Waals surface area contributed by atoms with E-state index in [9.17, 15) is 0 Å². The van der Waals surface area contributed by atoms with Crippen molar-refractivity contribution >= 4 is 0 Å². The zero-order valence-electron chi connectivity index (χ0n) is 7.92. The zero-order valence-corrected chi connectivity index (χ0v) is 7.92. The molecular weight excluding hydrogens is 150 g/mol. The lowest BCUT2D eigenvalue weighted by Gasteiger charge is -2.31. The second-order valence-electron chi connectivity index (χ2n) is 4.65. The van der Waals surface area contributed by atoms with Crippen molar-refractivity contribution in [3.8, 4) is 0 Å². The minimum absolute atomic E-state index is 0.381. The summed E-state index contributed by atoms with van der Waals surface area (Å²) >= 11 is 0. The lowest BCUT2D eigenvalue weighted by molar-refractivity contribution is 0.246. The molecule has 0 N–H and O–H groups in total. The van der Waals surface area contributed by atoms with Crippen molar-refractivity contribution in [3.05, 3.63) is 17.5 Å². The van der Waals surface area contributed by atoms with Gasteiger partial charge in [-0.1, -0.05) is 25.9 Å². The Morgan fingerprint density at radius 2 is 2.33 bits per heavy atom. The van der Waals surface area contributed by atoms with E-state index in [1.54, 1.807) is 0 Å². The molecule has 2 nitrogen and oxygen atoms in total. The molecule has 0 radical (unpaired) electrons. The van der Waals surface area contributed by atoms with Gasteiger partial charge in [-0.2, -0.15) is 0 Å². The molecule has 0 bridgehead atoms. The van der Waals surface area contributed by atoms with Gasteiger partial charge in [0.25, 0.3) is 0 Å². The van der Waals surface area contributed by atoms with E-state index in [0.717, 1.165) is 12.2 Å². The standard InChI is InChI=1S/C10H15NO/c1-7-4-10(2,3)5-9-8(7)6-11-12-9/h6-7H,4-5H2,1-3H3/t7-/m0/s1. The van der Waals surface area contributed by atoms with Crippen LogP contribution in [-0.4, -0.2) is 5.16 Å². The molecule has 0 aliphatic heterocycles. The first-order valence-electron chi connectivity index (χ1n) is 4.52. The maximum atomic E-state index is 5.21. The molecule has 0 amide bonds. The van der Waals surface area contributed by atoms with Crippen LogP contribution in [0.1, 0.15) is 44.4 Å². The molecule has 0 saturated carbocycles. The maximum absolute atomic E-state index is 5.21. The van der Waals surface area contributed by atoms with Gasteiger partial charge in [-0.15, -0.1) is 0 Å². The predicted molar refractivity (Wildman–Crippen MR) is 47.0 cm³/mol. The molecule has 1 atom stereocenters. The van der Waals surface area contributed by atoms with Gasteiger partial charge >= 0.3 is 0 Å². The molecule has 12 heavy (non-hydrogen) atoms. The fraction of sp³-hybridized carbons (Fsp3) is 0.700. The molecule has 0 saturated heterocycles. The molecule has 1 aliphatic rings. The smallest absolute Gasteiger partial charge is 0.140 e. The third kappa shape index (κ3) is 1.15. The number of hydrogen-bond donors (Lipinski definition) is 0. The van der Waals surface area contributed by atoms with Crippen molar-refractivity contribution in [2.75, 3.05) is 0 Å². The first-order valence-corrected chi connectivity index (χ1v) is 4.52. The fourth-order valence-corrected chi connectivity index (χ4v) is 2.25. The van der Waals surface area contributed by atoms with E-state index in [1.807, 2.05) is 6.20 Å². The molecule has 2 heteroatoms. The Morgan fingerprint density at radius 1 is 1.58 bits per heavy atom. The molecule has 0 fully saturated rings. The van der Waals surface area contributed by atoms with Crippen molar-refractivity contribution in [1.82, 2.24) is 5.16 Å². The van der Waals surface area contributed by atoms with Crippen LogP contribution in [0.2, 0.25) is 0 Å². The van der Waals surface area contributed by atoms with Crippen LogP contribution < -0.4 is 0 Å². The number of fused-ring (bicyclic) bond motifs is 1. The van der Waals surface area contributed by atoms with Gasteiger partial charge in [-0.05, 0) is 17.8 Å². The van der Waals surface area contributed by atoms with Crippen molar-refractivity contribution in [2.24, 2.45) is 5.41 Å². The second-order valence-corrected chi connectivity index (χ2v) is 4.65. The molecule has 0 unspecified atom stereocenters. The lowest BCUT2D eigenvalue weighted by atomic mass is 9.72. The number of nitrogens with zero attached hydrogens (tertiary/aromatic N) is 1. The predicted octanol–water partition coefficient (Wildman–Crippen LogP) is 2.75. The summed E-state index contributed by atoms with van der Waals surface area (Å²) in [5, 5.41) is 3.84. The average molecular weight is 165 g/mol. The normalized spacial score (nSPS) is 26.8. The van der Waals surface area contributed by atoms with Gasteiger partial charge in [0.2, 0.25) is 0 Å². The van der Waals surface area contributed by atoms with E-state index < -0.39 is 0 Å². The molecule has 0 aromatic carbocycles. The van der Waals surface area contributed by atoms with Crippen LogP contribution in [0.25, 0.3) is 0 Å². The Balaban J connectivity index is 2.38. The Bertz CT molecular complexity index is 288. The Hall–Kier alpha value is -0.790. The Labute approximate surface area is 72.9 Å². The summed E-state index contributed by atoms with van der Waals surface area (Å²) in [5.74, 6) is 1.70. The first-order chi connectivity index (χ1) is 5.58. The average Bonchev–Trinajstić information content (AvgIpc) is 2.31. The van der Waals surface area contributed by atoms with Crippen LogP contribution in [0.3, 0.4) is 0 Å². The van der Waals surface area contributed by atoms with Crippen LogP contribution in [0, 0.1) is 5.41 Å². The van der Waals surface area contributed by atoms with E-state index >= 15 is 0 Å². The van der Waals surface area contributed by atoms with Gasteiger partial charge < -0.3 is 4.52 Å². The summed E-state index contributed by atoms with van der Waals surface area (Å²) in [6.07, 6.45) is 4.14. The van der Waals surface area contributed by atoms with Crippen LogP contribution in [0.4, 0.5) is 0 Å². The van der Waals surface area contributed by atoms with Gasteiger partial charge in [0, 0.05) is 12.0 Å². The zero-order chi connectivity index (χ0) is 8.77. The van der Waals surface area contributed by atoms with Gasteiger partial charge in [0.1, 0.15) is 5.76 Å². The molecule has 1 aromatic heterocycles. The SMILES string of the molecule is C[C@H]1CC(C)(C)Cc2oncc21. The van der Waals surface area contributed by atoms with Crippen molar-refractivity contribution < 1.29 is 4.52 Å². The summed E-state index contributed by atoms with van der Waals surface area (Å²) in [4.78, 5) is 0. The highest BCUT2D eigenvalue weighted by Crippen LogP contribution is 2.41. The van der Waals surface area contributed by atoms with Crippen LogP contribution >= 0.6 is 0 Å². The first kappa shape index (κ1) is 7.84. The highest BCUT2D eigenvalue weighted by atomic mass is 16.5. The van der Waals surface area contributed by atoms with Gasteiger partial charge in [-0.3, -0.25) is 0 Å². The van der Waals surface area contributed by atoms with E-state index in [4.69, 9.17) is 4.52 Å². The molecule has 0 spiro atoms. The van der Waals surface area contributed by atoms with E-state index in [1.165, 1.54) is 12.0 Å². The summed E-state index contributed by atoms with van der Waals surface area (Å²) in [7, 11) is 0. The van der Waals surface area contributed by atoms with Gasteiger partial charge in [-0.25, -0.2) is 0 Å². The van der Waals surface area contributed by atoms with Crippen LogP contribution in [0.5, 0.6) is 0 Å². The van der Waals surface area contributed by atoms with Crippen molar-refractivity contribution in [3.63, 3.8) is 0 Å². The number of hydrogen-bond acceptors (Lipinski definition) is 2. The summed E-state index contributed by atoms with van der Waals surface area (Å²) < 4.78 is 5.21.